The van der Waals surface area contributed by atoms with Crippen molar-refractivity contribution in [2.75, 3.05) is 0 Å². The molecule has 3 aromatic carbocycles. The molecule has 1 aliphatic rings. The van der Waals surface area contributed by atoms with Crippen molar-refractivity contribution in [3.05, 3.63) is 82.9 Å². The molecular formula is C25H18F2NO2P. The highest BCUT2D eigenvalue weighted by Gasteiger charge is 2.26. The topological polar surface area (TPSA) is 50.2 Å². The second-order valence-electron chi connectivity index (χ2n) is 7.71. The van der Waals surface area contributed by atoms with Crippen LogP contribution in [0.25, 0.3) is 33.3 Å². The van der Waals surface area contributed by atoms with Crippen molar-refractivity contribution in [3.8, 4) is 22.4 Å². The molecule has 5 rings (SSSR count). The molecule has 154 valence electrons. The summed E-state index contributed by atoms with van der Waals surface area (Å²) in [6, 6.07) is 14.8. The smallest absolute Gasteiger partial charge is 0.336 e. The number of rotatable bonds is 2. The number of hydrogen-bond acceptors (Lipinski definition) is 2. The first-order valence-electron chi connectivity index (χ1n) is 9.97. The predicted molar refractivity (Wildman–Crippen MR) is 121 cm³/mol. The van der Waals surface area contributed by atoms with Crippen LogP contribution in [0.3, 0.4) is 0 Å². The average Bonchev–Trinajstić information content (AvgIpc) is 2.90. The highest BCUT2D eigenvalue weighted by molar-refractivity contribution is 7.28. The molecule has 4 aromatic rings. The largest absolute Gasteiger partial charge is 0.478 e. The van der Waals surface area contributed by atoms with Crippen LogP contribution in [0.5, 0.6) is 0 Å². The molecule has 0 fully saturated rings. The quantitative estimate of drug-likeness (QED) is 0.423. The first-order valence-corrected chi connectivity index (χ1v) is 10.5. The first-order chi connectivity index (χ1) is 14.9. The fraction of sp³-hybridized carbons (Fsp3) is 0.120. The number of hydrogen-bond donors (Lipinski definition) is 1. The maximum Gasteiger partial charge on any atom is 0.336 e. The number of aryl methyl sites for hydroxylation is 1. The van der Waals surface area contributed by atoms with Crippen LogP contribution >= 0.6 is 9.24 Å². The minimum absolute atomic E-state index is 0.0483. The van der Waals surface area contributed by atoms with Gasteiger partial charge in [0.05, 0.1) is 16.8 Å². The van der Waals surface area contributed by atoms with E-state index in [1.165, 1.54) is 24.3 Å². The third-order valence-corrected chi connectivity index (χ3v) is 6.34. The van der Waals surface area contributed by atoms with E-state index in [1.54, 1.807) is 0 Å². The Bertz CT molecular complexity index is 1380. The summed E-state index contributed by atoms with van der Waals surface area (Å²) in [5.41, 5.74) is 4.26. The standard InChI is InChI=1S/C25H18F2NO2P/c26-14-8-9-21-19(11-14)23(25(29)30)16-6-3-4-13-10-18(15-5-1-2-7-22(15)31)20(27)12-17(13)24(16)28-21/h1-2,5,7-12H,3-4,6,31H2,(H,29,30). The fourth-order valence-electron chi connectivity index (χ4n) is 4.44. The maximum absolute atomic E-state index is 15.3. The number of aromatic carboxylic acids is 1. The molecular weight excluding hydrogens is 415 g/mol. The van der Waals surface area contributed by atoms with Gasteiger partial charge in [-0.15, -0.1) is 9.24 Å². The summed E-state index contributed by atoms with van der Waals surface area (Å²) in [6.07, 6.45) is 1.83. The first kappa shape index (κ1) is 19.8. The zero-order valence-electron chi connectivity index (χ0n) is 16.5. The van der Waals surface area contributed by atoms with Gasteiger partial charge in [-0.2, -0.15) is 0 Å². The van der Waals surface area contributed by atoms with E-state index >= 15 is 4.39 Å². The van der Waals surface area contributed by atoms with E-state index in [9.17, 15) is 14.3 Å². The molecule has 1 atom stereocenters. The van der Waals surface area contributed by atoms with Gasteiger partial charge in [-0.05, 0) is 71.6 Å². The van der Waals surface area contributed by atoms with Gasteiger partial charge in [-0.25, -0.2) is 18.6 Å². The molecule has 1 N–H and O–H groups in total. The van der Waals surface area contributed by atoms with E-state index in [2.05, 4.69) is 14.2 Å². The molecule has 1 aromatic heterocycles. The minimum atomic E-state index is -1.13. The maximum atomic E-state index is 15.3. The van der Waals surface area contributed by atoms with E-state index < -0.39 is 11.8 Å². The van der Waals surface area contributed by atoms with Gasteiger partial charge in [0.15, 0.2) is 0 Å². The van der Waals surface area contributed by atoms with Crippen LogP contribution in [-0.2, 0) is 12.8 Å². The third kappa shape index (κ3) is 3.30. The summed E-state index contributed by atoms with van der Waals surface area (Å²) in [6.45, 7) is 0. The molecule has 31 heavy (non-hydrogen) atoms. The number of nitrogens with zero attached hydrogens (tertiary/aromatic N) is 1. The third-order valence-electron chi connectivity index (χ3n) is 5.83. The summed E-state index contributed by atoms with van der Waals surface area (Å²) in [5.74, 6) is -2.04. The number of halogens is 2. The number of aromatic nitrogens is 1. The van der Waals surface area contributed by atoms with Crippen LogP contribution in [-0.4, -0.2) is 16.1 Å². The summed E-state index contributed by atoms with van der Waals surface area (Å²) in [4.78, 5) is 16.8. The SMILES string of the molecule is O=C(O)c1c2c(nc3ccc(F)cc13)-c1cc(F)c(-c3ccccc3P)cc1CCC2. The second kappa shape index (κ2) is 7.51. The van der Waals surface area contributed by atoms with Crippen molar-refractivity contribution in [2.45, 2.75) is 19.3 Å². The highest BCUT2D eigenvalue weighted by Crippen LogP contribution is 2.39. The van der Waals surface area contributed by atoms with E-state index in [0.717, 1.165) is 16.4 Å². The van der Waals surface area contributed by atoms with Crippen molar-refractivity contribution >= 4 is 31.4 Å². The van der Waals surface area contributed by atoms with E-state index in [-0.39, 0.29) is 16.8 Å². The van der Waals surface area contributed by atoms with Gasteiger partial charge >= 0.3 is 5.97 Å². The van der Waals surface area contributed by atoms with Gasteiger partial charge in [0.2, 0.25) is 0 Å². The van der Waals surface area contributed by atoms with Crippen molar-refractivity contribution < 1.29 is 18.7 Å². The summed E-state index contributed by atoms with van der Waals surface area (Å²) in [7, 11) is 2.63. The van der Waals surface area contributed by atoms with Gasteiger partial charge in [0, 0.05) is 16.5 Å². The molecule has 0 amide bonds. The van der Waals surface area contributed by atoms with Crippen molar-refractivity contribution in [1.29, 1.82) is 0 Å². The Morgan fingerprint density at radius 2 is 1.77 bits per heavy atom. The van der Waals surface area contributed by atoms with Crippen LogP contribution in [0.2, 0.25) is 0 Å². The normalized spacial score (nSPS) is 12.9. The van der Waals surface area contributed by atoms with Crippen molar-refractivity contribution in [2.24, 2.45) is 0 Å². The highest BCUT2D eigenvalue weighted by atomic mass is 31.0. The van der Waals surface area contributed by atoms with Crippen molar-refractivity contribution in [1.82, 2.24) is 4.98 Å². The minimum Gasteiger partial charge on any atom is -0.478 e. The van der Waals surface area contributed by atoms with Gasteiger partial charge in [-0.1, -0.05) is 24.3 Å². The summed E-state index contributed by atoms with van der Waals surface area (Å²) >= 11 is 0. The number of carboxylic acid groups (broad SMARTS) is 1. The Labute approximate surface area is 180 Å². The van der Waals surface area contributed by atoms with Gasteiger partial charge in [0.25, 0.3) is 0 Å². The van der Waals surface area contributed by atoms with E-state index in [1.807, 2.05) is 30.3 Å². The predicted octanol–water partition coefficient (Wildman–Crippen LogP) is 5.53. The Balaban J connectivity index is 1.80. The molecule has 1 heterocycles. The molecule has 1 aliphatic carbocycles. The lowest BCUT2D eigenvalue weighted by Gasteiger charge is -2.16. The lowest BCUT2D eigenvalue weighted by Crippen LogP contribution is -2.07. The Morgan fingerprint density at radius 3 is 2.55 bits per heavy atom. The molecule has 0 aliphatic heterocycles. The zero-order chi connectivity index (χ0) is 21.7. The number of carboxylic acids is 1. The molecule has 0 bridgehead atoms. The second-order valence-corrected chi connectivity index (χ2v) is 8.33. The molecule has 0 spiro atoms. The van der Waals surface area contributed by atoms with Gasteiger partial charge < -0.3 is 5.11 Å². The molecule has 1 unspecified atom stereocenters. The summed E-state index contributed by atoms with van der Waals surface area (Å²) in [5, 5.41) is 11.1. The molecule has 6 heteroatoms. The Kier molecular flexibility index (Phi) is 4.79. The number of fused-ring (bicyclic) bond motifs is 4. The average molecular weight is 433 g/mol. The number of carbonyl (C=O) groups is 1. The van der Waals surface area contributed by atoms with Crippen LogP contribution < -0.4 is 5.30 Å². The van der Waals surface area contributed by atoms with Crippen molar-refractivity contribution in [3.63, 3.8) is 0 Å². The van der Waals surface area contributed by atoms with Crippen LogP contribution in [0.1, 0.15) is 27.9 Å². The molecule has 0 saturated heterocycles. The lowest BCUT2D eigenvalue weighted by atomic mass is 9.93. The van der Waals surface area contributed by atoms with E-state index in [0.29, 0.717) is 47.2 Å². The van der Waals surface area contributed by atoms with E-state index in [4.69, 9.17) is 0 Å². The Hall–Kier alpha value is -3.17. The van der Waals surface area contributed by atoms with Crippen LogP contribution in [0, 0.1) is 11.6 Å². The Morgan fingerprint density at radius 1 is 0.968 bits per heavy atom. The number of pyridine rings is 1. The van der Waals surface area contributed by atoms with Gasteiger partial charge in [-0.3, -0.25) is 0 Å². The fourth-order valence-corrected chi connectivity index (χ4v) is 4.80. The zero-order valence-corrected chi connectivity index (χ0v) is 17.6. The molecule has 0 radical (unpaired) electrons. The molecule has 0 saturated carbocycles. The van der Waals surface area contributed by atoms with Gasteiger partial charge in [0.1, 0.15) is 11.6 Å². The van der Waals surface area contributed by atoms with Crippen LogP contribution in [0.4, 0.5) is 8.78 Å². The lowest BCUT2D eigenvalue weighted by molar-refractivity contribution is 0.0698. The van der Waals surface area contributed by atoms with Crippen LogP contribution in [0.15, 0.2) is 54.6 Å². The summed E-state index contributed by atoms with van der Waals surface area (Å²) < 4.78 is 29.1. The monoisotopic (exact) mass is 433 g/mol. The molecule has 3 nitrogen and oxygen atoms in total. The number of benzene rings is 3.